The highest BCUT2D eigenvalue weighted by Gasteiger charge is 2.36. The number of rotatable bonds is 6. The van der Waals surface area contributed by atoms with Gasteiger partial charge in [0.1, 0.15) is 12.2 Å². The van der Waals surface area contributed by atoms with E-state index in [2.05, 4.69) is 33.9 Å². The van der Waals surface area contributed by atoms with Gasteiger partial charge in [0, 0.05) is 0 Å². The van der Waals surface area contributed by atoms with Crippen molar-refractivity contribution in [2.75, 3.05) is 19.8 Å². The van der Waals surface area contributed by atoms with Crippen molar-refractivity contribution in [2.45, 2.75) is 65.3 Å². The molecule has 0 aliphatic heterocycles. The first-order valence-electron chi connectivity index (χ1n) is 6.79. The van der Waals surface area contributed by atoms with Gasteiger partial charge in [-0.3, -0.25) is 0 Å². The second-order valence-corrected chi connectivity index (χ2v) is 12.1. The molecule has 0 fully saturated rings. The van der Waals surface area contributed by atoms with Crippen LogP contribution in [0, 0.1) is 0 Å². The predicted molar refractivity (Wildman–Crippen MR) is 79.8 cm³/mol. The van der Waals surface area contributed by atoms with Crippen LogP contribution in [0.4, 0.5) is 0 Å². The van der Waals surface area contributed by atoms with E-state index in [0.29, 0.717) is 13.2 Å². The molecule has 0 aliphatic carbocycles. The van der Waals surface area contributed by atoms with E-state index in [1.165, 1.54) is 0 Å². The molecular weight excluding hydrogens is 260 g/mol. The summed E-state index contributed by atoms with van der Waals surface area (Å²) in [6, 6.07) is 0. The molecule has 0 radical (unpaired) electrons. The molecular formula is C14H30O4Si. The average molecular weight is 290 g/mol. The maximum atomic E-state index is 11.4. The Hall–Kier alpha value is -0.393. The van der Waals surface area contributed by atoms with Gasteiger partial charge in [0.25, 0.3) is 0 Å². The second kappa shape index (κ2) is 6.86. The second-order valence-electron chi connectivity index (χ2n) is 7.25. The highest BCUT2D eigenvalue weighted by atomic mass is 28.4. The molecule has 0 saturated heterocycles. The number of carbonyl (C=O) groups is 1. The summed E-state index contributed by atoms with van der Waals surface area (Å²) < 4.78 is 16.4. The molecule has 0 rings (SSSR count). The van der Waals surface area contributed by atoms with Crippen molar-refractivity contribution in [3.05, 3.63) is 0 Å². The van der Waals surface area contributed by atoms with Crippen LogP contribution in [0.3, 0.4) is 0 Å². The summed E-state index contributed by atoms with van der Waals surface area (Å²) in [7, 11) is -1.72. The third kappa shape index (κ3) is 8.39. The molecule has 0 spiro atoms. The quantitative estimate of drug-likeness (QED) is 0.427. The van der Waals surface area contributed by atoms with Crippen molar-refractivity contribution in [3.63, 3.8) is 0 Å². The third-order valence-electron chi connectivity index (χ3n) is 3.14. The van der Waals surface area contributed by atoms with Crippen LogP contribution >= 0.6 is 0 Å². The molecule has 0 saturated carbocycles. The third-order valence-corrected chi connectivity index (χ3v) is 7.67. The molecule has 0 heterocycles. The zero-order valence-electron chi connectivity index (χ0n) is 13.8. The Morgan fingerprint density at radius 1 is 1.00 bits per heavy atom. The highest BCUT2D eigenvalue weighted by Crippen LogP contribution is 2.36. The lowest BCUT2D eigenvalue weighted by molar-refractivity contribution is -0.160. The first-order chi connectivity index (χ1) is 8.35. The zero-order valence-corrected chi connectivity index (χ0v) is 14.8. The number of ether oxygens (including phenoxy) is 2. The largest absolute Gasteiger partial charge is 0.458 e. The molecule has 0 atom stereocenters. The van der Waals surface area contributed by atoms with E-state index in [4.69, 9.17) is 13.9 Å². The minimum Gasteiger partial charge on any atom is -0.458 e. The fourth-order valence-electron chi connectivity index (χ4n) is 1.10. The summed E-state index contributed by atoms with van der Waals surface area (Å²) >= 11 is 0. The molecule has 0 aliphatic rings. The molecule has 114 valence electrons. The minimum absolute atomic E-state index is 0.0157. The summed E-state index contributed by atoms with van der Waals surface area (Å²) in [5.74, 6) is -0.333. The van der Waals surface area contributed by atoms with Crippen LogP contribution in [0.5, 0.6) is 0 Å². The van der Waals surface area contributed by atoms with Gasteiger partial charge in [0.05, 0.1) is 13.2 Å². The molecule has 0 aromatic carbocycles. The van der Waals surface area contributed by atoms with Crippen molar-refractivity contribution in [1.82, 2.24) is 0 Å². The molecule has 0 aromatic rings. The summed E-state index contributed by atoms with van der Waals surface area (Å²) in [4.78, 5) is 11.4. The summed E-state index contributed by atoms with van der Waals surface area (Å²) in [6.45, 7) is 17.4. The smallest absolute Gasteiger partial charge is 0.332 e. The van der Waals surface area contributed by atoms with Crippen molar-refractivity contribution in [1.29, 1.82) is 0 Å². The van der Waals surface area contributed by atoms with Crippen molar-refractivity contribution in [2.24, 2.45) is 0 Å². The Labute approximate surface area is 118 Å². The standard InChI is InChI=1S/C14H30O4Si/c1-13(2,3)18-12(15)11-16-9-10-17-19(7,8)14(4,5)6/h9-11H2,1-8H3. The van der Waals surface area contributed by atoms with Gasteiger partial charge in [-0.25, -0.2) is 4.79 Å². The monoisotopic (exact) mass is 290 g/mol. The highest BCUT2D eigenvalue weighted by molar-refractivity contribution is 6.74. The van der Waals surface area contributed by atoms with Crippen molar-refractivity contribution in [3.8, 4) is 0 Å². The van der Waals surface area contributed by atoms with Gasteiger partial charge >= 0.3 is 5.97 Å². The first-order valence-corrected chi connectivity index (χ1v) is 9.69. The Morgan fingerprint density at radius 3 is 1.95 bits per heavy atom. The van der Waals surface area contributed by atoms with Crippen LogP contribution < -0.4 is 0 Å². The Bertz CT molecular complexity index is 287. The van der Waals surface area contributed by atoms with Crippen molar-refractivity contribution < 1.29 is 18.7 Å². The topological polar surface area (TPSA) is 44.8 Å². The summed E-state index contributed by atoms with van der Waals surface area (Å²) in [6.07, 6.45) is 0. The lowest BCUT2D eigenvalue weighted by Crippen LogP contribution is -2.41. The van der Waals surface area contributed by atoms with Crippen LogP contribution in [0.25, 0.3) is 0 Å². The molecule has 5 heteroatoms. The van der Waals surface area contributed by atoms with Gasteiger partial charge in [-0.1, -0.05) is 20.8 Å². The van der Waals surface area contributed by atoms with Crippen LogP contribution in [-0.2, 0) is 18.7 Å². The number of esters is 1. The van der Waals surface area contributed by atoms with E-state index in [0.717, 1.165) is 0 Å². The molecule has 0 aromatic heterocycles. The molecule has 19 heavy (non-hydrogen) atoms. The lowest BCUT2D eigenvalue weighted by atomic mass is 10.2. The Kier molecular flexibility index (Phi) is 6.72. The summed E-state index contributed by atoms with van der Waals surface area (Å²) in [5, 5.41) is 0.193. The van der Waals surface area contributed by atoms with E-state index in [-0.39, 0.29) is 17.6 Å². The van der Waals surface area contributed by atoms with Crippen molar-refractivity contribution >= 4 is 14.3 Å². The maximum absolute atomic E-state index is 11.4. The van der Waals surface area contributed by atoms with Gasteiger partial charge in [0.2, 0.25) is 0 Å². The molecule has 0 amide bonds. The Morgan fingerprint density at radius 2 is 1.53 bits per heavy atom. The van der Waals surface area contributed by atoms with E-state index in [9.17, 15) is 4.79 Å². The van der Waals surface area contributed by atoms with Gasteiger partial charge in [-0.15, -0.1) is 0 Å². The first kappa shape index (κ1) is 18.6. The fourth-order valence-corrected chi connectivity index (χ4v) is 2.13. The van der Waals surface area contributed by atoms with Gasteiger partial charge in [0.15, 0.2) is 8.32 Å². The zero-order chi connectivity index (χ0) is 15.3. The number of carbonyl (C=O) groups excluding carboxylic acids is 1. The van der Waals surface area contributed by atoms with E-state index < -0.39 is 13.9 Å². The summed E-state index contributed by atoms with van der Waals surface area (Å²) in [5.41, 5.74) is -0.460. The van der Waals surface area contributed by atoms with E-state index >= 15 is 0 Å². The van der Waals surface area contributed by atoms with Crippen LogP contribution in [0.1, 0.15) is 41.5 Å². The number of hydrogen-bond acceptors (Lipinski definition) is 4. The lowest BCUT2D eigenvalue weighted by Gasteiger charge is -2.36. The van der Waals surface area contributed by atoms with Gasteiger partial charge < -0.3 is 13.9 Å². The minimum atomic E-state index is -1.72. The van der Waals surface area contributed by atoms with Gasteiger partial charge in [-0.2, -0.15) is 0 Å². The van der Waals surface area contributed by atoms with Crippen LogP contribution in [0.15, 0.2) is 0 Å². The predicted octanol–water partition coefficient (Wildman–Crippen LogP) is 3.37. The van der Waals surface area contributed by atoms with Crippen LogP contribution in [-0.4, -0.2) is 39.7 Å². The Balaban J connectivity index is 3.81. The molecule has 0 N–H and O–H groups in total. The normalized spacial score (nSPS) is 13.5. The molecule has 4 nitrogen and oxygen atoms in total. The molecule has 0 unspecified atom stereocenters. The SMILES string of the molecule is CC(C)(C)OC(=O)COCCO[Si](C)(C)C(C)(C)C. The molecule has 0 bridgehead atoms. The van der Waals surface area contributed by atoms with E-state index in [1.54, 1.807) is 0 Å². The fraction of sp³-hybridized carbons (Fsp3) is 0.929. The average Bonchev–Trinajstić information content (AvgIpc) is 2.11. The van der Waals surface area contributed by atoms with Gasteiger partial charge in [-0.05, 0) is 38.9 Å². The van der Waals surface area contributed by atoms with Crippen LogP contribution in [0.2, 0.25) is 18.1 Å². The maximum Gasteiger partial charge on any atom is 0.332 e. The number of hydrogen-bond donors (Lipinski definition) is 0. The van der Waals surface area contributed by atoms with E-state index in [1.807, 2.05) is 20.8 Å².